The Balaban J connectivity index is 1.97. The number of nitrogens with zero attached hydrogens (tertiary/aromatic N) is 3. The largest absolute Gasteiger partial charge is 0.303 e. The fourth-order valence-electron chi connectivity index (χ4n) is 1.90. The van der Waals surface area contributed by atoms with E-state index in [4.69, 9.17) is 0 Å². The van der Waals surface area contributed by atoms with E-state index in [1.165, 1.54) is 5.69 Å². The molecule has 2 heterocycles. The lowest BCUT2D eigenvalue weighted by Gasteiger charge is -2.12. The fourth-order valence-corrected chi connectivity index (χ4v) is 1.90. The first-order valence-electron chi connectivity index (χ1n) is 6.36. The zero-order valence-corrected chi connectivity index (χ0v) is 11.2. The van der Waals surface area contributed by atoms with Crippen molar-refractivity contribution in [1.29, 1.82) is 0 Å². The molecular weight excluding hydrogens is 224 g/mol. The molecule has 0 amide bonds. The predicted molar refractivity (Wildman–Crippen MR) is 72.1 cm³/mol. The molecule has 0 saturated heterocycles. The summed E-state index contributed by atoms with van der Waals surface area (Å²) in [5.74, 6) is 0. The molecule has 0 aliphatic rings. The van der Waals surface area contributed by atoms with E-state index < -0.39 is 0 Å². The second-order valence-corrected chi connectivity index (χ2v) is 4.46. The van der Waals surface area contributed by atoms with Crippen molar-refractivity contribution in [2.75, 3.05) is 0 Å². The predicted octanol–water partition coefficient (Wildman–Crippen LogP) is 2.23. The molecule has 0 radical (unpaired) electrons. The van der Waals surface area contributed by atoms with E-state index >= 15 is 0 Å². The van der Waals surface area contributed by atoms with Crippen molar-refractivity contribution in [3.8, 4) is 0 Å². The third kappa shape index (κ3) is 2.96. The van der Waals surface area contributed by atoms with E-state index in [-0.39, 0.29) is 6.04 Å². The summed E-state index contributed by atoms with van der Waals surface area (Å²) in [6, 6.07) is 8.38. The molecule has 0 spiro atoms. The number of aryl methyl sites for hydroxylation is 2. The highest BCUT2D eigenvalue weighted by atomic mass is 15.3. The molecule has 0 bridgehead atoms. The van der Waals surface area contributed by atoms with E-state index in [0.717, 1.165) is 24.4 Å². The van der Waals surface area contributed by atoms with Crippen molar-refractivity contribution in [1.82, 2.24) is 20.1 Å². The Kier molecular flexibility index (Phi) is 4.10. The molecular formula is C14H20N4. The van der Waals surface area contributed by atoms with Gasteiger partial charge in [0.25, 0.3) is 0 Å². The summed E-state index contributed by atoms with van der Waals surface area (Å²) < 4.78 is 1.94. The molecule has 0 aliphatic carbocycles. The second-order valence-electron chi connectivity index (χ2n) is 4.46. The van der Waals surface area contributed by atoms with Gasteiger partial charge >= 0.3 is 0 Å². The normalized spacial score (nSPS) is 12.6. The van der Waals surface area contributed by atoms with Crippen LogP contribution in [0.1, 0.15) is 37.0 Å². The van der Waals surface area contributed by atoms with Crippen molar-refractivity contribution in [3.05, 3.63) is 47.5 Å². The SMILES string of the molecule is CCc1cc(CNC(C)c2ccccn2)n(C)n1. The molecule has 2 aromatic rings. The summed E-state index contributed by atoms with van der Waals surface area (Å²) >= 11 is 0. The van der Waals surface area contributed by atoms with E-state index in [0.29, 0.717) is 0 Å². The second kappa shape index (κ2) is 5.78. The maximum absolute atomic E-state index is 4.44. The third-order valence-corrected chi connectivity index (χ3v) is 3.11. The quantitative estimate of drug-likeness (QED) is 0.877. The Hall–Kier alpha value is -1.68. The molecule has 0 saturated carbocycles. The molecule has 18 heavy (non-hydrogen) atoms. The first-order valence-corrected chi connectivity index (χ1v) is 6.36. The van der Waals surface area contributed by atoms with Gasteiger partial charge in [-0.1, -0.05) is 13.0 Å². The van der Waals surface area contributed by atoms with Crippen molar-refractivity contribution in [2.24, 2.45) is 7.05 Å². The topological polar surface area (TPSA) is 42.7 Å². The van der Waals surface area contributed by atoms with Crippen LogP contribution in [0.25, 0.3) is 0 Å². The zero-order chi connectivity index (χ0) is 13.0. The van der Waals surface area contributed by atoms with Crippen LogP contribution in [0, 0.1) is 0 Å². The average Bonchev–Trinajstić information content (AvgIpc) is 2.77. The van der Waals surface area contributed by atoms with Crippen LogP contribution in [0.5, 0.6) is 0 Å². The van der Waals surface area contributed by atoms with Gasteiger partial charge in [-0.3, -0.25) is 9.67 Å². The lowest BCUT2D eigenvalue weighted by molar-refractivity contribution is 0.538. The lowest BCUT2D eigenvalue weighted by atomic mass is 10.2. The maximum atomic E-state index is 4.44. The van der Waals surface area contributed by atoms with E-state index in [9.17, 15) is 0 Å². The minimum atomic E-state index is 0.242. The van der Waals surface area contributed by atoms with Gasteiger partial charge in [0.1, 0.15) is 0 Å². The van der Waals surface area contributed by atoms with Gasteiger partial charge < -0.3 is 5.32 Å². The van der Waals surface area contributed by atoms with Gasteiger partial charge in [-0.2, -0.15) is 5.10 Å². The molecule has 0 fully saturated rings. The van der Waals surface area contributed by atoms with Crippen molar-refractivity contribution < 1.29 is 0 Å². The Morgan fingerprint density at radius 2 is 2.22 bits per heavy atom. The van der Waals surface area contributed by atoms with Crippen LogP contribution in [-0.4, -0.2) is 14.8 Å². The van der Waals surface area contributed by atoms with Gasteiger partial charge in [-0.05, 0) is 31.5 Å². The van der Waals surface area contributed by atoms with Gasteiger partial charge in [0.05, 0.1) is 17.1 Å². The molecule has 1 N–H and O–H groups in total. The highest BCUT2D eigenvalue weighted by molar-refractivity contribution is 5.11. The Morgan fingerprint density at radius 1 is 1.39 bits per heavy atom. The smallest absolute Gasteiger partial charge is 0.0625 e. The van der Waals surface area contributed by atoms with Crippen LogP contribution in [0.4, 0.5) is 0 Å². The van der Waals surface area contributed by atoms with Gasteiger partial charge in [0, 0.05) is 25.8 Å². The van der Waals surface area contributed by atoms with Crippen LogP contribution in [-0.2, 0) is 20.0 Å². The zero-order valence-electron chi connectivity index (χ0n) is 11.2. The minimum absolute atomic E-state index is 0.242. The standard InChI is InChI=1S/C14H20N4/c1-4-12-9-13(18(3)17-12)10-16-11(2)14-7-5-6-8-15-14/h5-9,11,16H,4,10H2,1-3H3. The van der Waals surface area contributed by atoms with Crippen LogP contribution < -0.4 is 5.32 Å². The number of aromatic nitrogens is 3. The third-order valence-electron chi connectivity index (χ3n) is 3.11. The maximum Gasteiger partial charge on any atom is 0.0625 e. The average molecular weight is 244 g/mol. The van der Waals surface area contributed by atoms with Crippen LogP contribution in [0.3, 0.4) is 0 Å². The van der Waals surface area contributed by atoms with Crippen molar-refractivity contribution in [3.63, 3.8) is 0 Å². The summed E-state index contributed by atoms with van der Waals surface area (Å²) in [6.07, 6.45) is 2.80. The number of rotatable bonds is 5. The number of hydrogen-bond donors (Lipinski definition) is 1. The van der Waals surface area contributed by atoms with Gasteiger partial charge in [-0.25, -0.2) is 0 Å². The van der Waals surface area contributed by atoms with E-state index in [2.05, 4.69) is 35.3 Å². The van der Waals surface area contributed by atoms with E-state index in [1.807, 2.05) is 36.1 Å². The van der Waals surface area contributed by atoms with Crippen LogP contribution in [0.15, 0.2) is 30.5 Å². The lowest BCUT2D eigenvalue weighted by Crippen LogP contribution is -2.20. The van der Waals surface area contributed by atoms with Crippen molar-refractivity contribution in [2.45, 2.75) is 32.9 Å². The summed E-state index contributed by atoms with van der Waals surface area (Å²) in [4.78, 5) is 4.35. The van der Waals surface area contributed by atoms with Crippen LogP contribution >= 0.6 is 0 Å². The summed E-state index contributed by atoms with van der Waals surface area (Å²) in [7, 11) is 1.99. The molecule has 4 heteroatoms. The molecule has 0 aliphatic heterocycles. The molecule has 2 aromatic heterocycles. The number of hydrogen-bond acceptors (Lipinski definition) is 3. The Morgan fingerprint density at radius 3 is 2.83 bits per heavy atom. The first kappa shape index (κ1) is 12.8. The molecule has 4 nitrogen and oxygen atoms in total. The van der Waals surface area contributed by atoms with Gasteiger partial charge in [-0.15, -0.1) is 0 Å². The highest BCUT2D eigenvalue weighted by Gasteiger charge is 2.08. The van der Waals surface area contributed by atoms with Crippen molar-refractivity contribution >= 4 is 0 Å². The molecule has 96 valence electrons. The van der Waals surface area contributed by atoms with Gasteiger partial charge in [0.2, 0.25) is 0 Å². The highest BCUT2D eigenvalue weighted by Crippen LogP contribution is 2.10. The summed E-state index contributed by atoms with van der Waals surface area (Å²) in [5, 5.41) is 7.91. The summed E-state index contributed by atoms with van der Waals surface area (Å²) in [5.41, 5.74) is 3.41. The fraction of sp³-hybridized carbons (Fsp3) is 0.429. The Bertz CT molecular complexity index is 490. The van der Waals surface area contributed by atoms with Gasteiger partial charge in [0.15, 0.2) is 0 Å². The molecule has 2 rings (SSSR count). The number of pyridine rings is 1. The molecule has 0 aromatic carbocycles. The van der Waals surface area contributed by atoms with E-state index in [1.54, 1.807) is 0 Å². The molecule has 1 unspecified atom stereocenters. The first-order chi connectivity index (χ1) is 8.70. The Labute approximate surface area is 108 Å². The van der Waals surface area contributed by atoms with Crippen LogP contribution in [0.2, 0.25) is 0 Å². The minimum Gasteiger partial charge on any atom is -0.303 e. The molecule has 1 atom stereocenters. The monoisotopic (exact) mass is 244 g/mol. The summed E-state index contributed by atoms with van der Waals surface area (Å²) in [6.45, 7) is 5.05. The number of nitrogens with one attached hydrogen (secondary N) is 1.